The van der Waals surface area contributed by atoms with E-state index in [1.807, 2.05) is 5.51 Å². The molecule has 0 fully saturated rings. The van der Waals surface area contributed by atoms with Crippen molar-refractivity contribution in [3.63, 3.8) is 0 Å². The van der Waals surface area contributed by atoms with Crippen LogP contribution in [-0.2, 0) is 6.16 Å². The molecule has 1 heterocycles. The molecule has 0 atom stereocenters. The van der Waals surface area contributed by atoms with Crippen LogP contribution in [0.1, 0.15) is 5.01 Å². The summed E-state index contributed by atoms with van der Waals surface area (Å²) in [6.45, 7) is 0. The van der Waals surface area contributed by atoms with E-state index in [0.29, 0.717) is 0 Å². The topological polar surface area (TPSA) is 25.8 Å². The quantitative estimate of drug-likeness (QED) is 0.505. The molecule has 0 aliphatic carbocycles. The van der Waals surface area contributed by atoms with Gasteiger partial charge in [0.15, 0.2) is 0 Å². The summed E-state index contributed by atoms with van der Waals surface area (Å²) < 4.78 is 0. The summed E-state index contributed by atoms with van der Waals surface area (Å²) in [5.41, 5.74) is 1.83. The van der Waals surface area contributed by atoms with Gasteiger partial charge >= 0.3 is 152 Å². The predicted molar refractivity (Wildman–Crippen MR) is 110 cm³/mol. The minimum atomic E-state index is -2.22. The first kappa shape index (κ1) is 16.1. The molecule has 0 amide bonds. The van der Waals surface area contributed by atoms with E-state index in [9.17, 15) is 0 Å². The van der Waals surface area contributed by atoms with Gasteiger partial charge in [-0.25, -0.2) is 0 Å². The molecule has 3 aromatic carbocycles. The van der Waals surface area contributed by atoms with Crippen molar-refractivity contribution >= 4 is 34.5 Å². The Balaban J connectivity index is 2.01. The van der Waals surface area contributed by atoms with E-state index in [4.69, 9.17) is 0 Å². The van der Waals surface area contributed by atoms with E-state index in [0.717, 1.165) is 11.2 Å². The molecule has 0 aliphatic rings. The van der Waals surface area contributed by atoms with Gasteiger partial charge in [-0.05, 0) is 0 Å². The van der Waals surface area contributed by atoms with E-state index in [-0.39, 0.29) is 0 Å². The molecule has 0 saturated carbocycles. The van der Waals surface area contributed by atoms with Crippen LogP contribution in [0.3, 0.4) is 0 Å². The van der Waals surface area contributed by atoms with Crippen molar-refractivity contribution in [2.45, 2.75) is 6.16 Å². The third kappa shape index (κ3) is 3.13. The zero-order valence-corrected chi connectivity index (χ0v) is 15.6. The molecule has 0 bridgehead atoms. The normalized spacial score (nSPS) is 12.0. The van der Waals surface area contributed by atoms with E-state index in [1.165, 1.54) is 15.9 Å². The summed E-state index contributed by atoms with van der Waals surface area (Å²) in [5.74, 6) is 0. The summed E-state index contributed by atoms with van der Waals surface area (Å²) in [6.07, 6.45) is 0.926. The van der Waals surface area contributed by atoms with Gasteiger partial charge in [0.2, 0.25) is 0 Å². The van der Waals surface area contributed by atoms with Crippen LogP contribution >= 0.6 is 18.6 Å². The van der Waals surface area contributed by atoms with Gasteiger partial charge in [-0.15, -0.1) is 0 Å². The number of benzene rings is 3. The van der Waals surface area contributed by atoms with Gasteiger partial charge in [-0.2, -0.15) is 0 Å². The van der Waals surface area contributed by atoms with E-state index in [2.05, 4.69) is 101 Å². The predicted octanol–water partition coefficient (Wildman–Crippen LogP) is 3.76. The number of nitrogens with zero attached hydrogens (tertiary/aromatic N) is 2. The second-order valence-electron chi connectivity index (χ2n) is 6.01. The first-order valence-electron chi connectivity index (χ1n) is 8.31. The monoisotopic (exact) mass is 362 g/mol. The summed E-state index contributed by atoms with van der Waals surface area (Å²) >= 11 is 1.65. The van der Waals surface area contributed by atoms with Crippen LogP contribution in [0.25, 0.3) is 0 Å². The van der Waals surface area contributed by atoms with E-state index < -0.39 is 7.26 Å². The summed E-state index contributed by atoms with van der Waals surface area (Å²) in [7, 11) is -2.22. The fourth-order valence-corrected chi connectivity index (χ4v) is 9.19. The van der Waals surface area contributed by atoms with Crippen molar-refractivity contribution in [1.82, 2.24) is 10.2 Å². The molecule has 0 aliphatic heterocycles. The fourth-order valence-electron chi connectivity index (χ4n) is 3.47. The first-order valence-corrected chi connectivity index (χ1v) is 11.4. The van der Waals surface area contributed by atoms with Crippen LogP contribution in [-0.4, -0.2) is 10.2 Å². The molecule has 0 saturated heterocycles. The Kier molecular flexibility index (Phi) is 4.69. The molecule has 0 radical (unpaired) electrons. The van der Waals surface area contributed by atoms with Gasteiger partial charge in [0.25, 0.3) is 0 Å². The van der Waals surface area contributed by atoms with Crippen LogP contribution in [0.15, 0.2) is 96.5 Å². The van der Waals surface area contributed by atoms with Crippen molar-refractivity contribution in [1.29, 1.82) is 0 Å². The van der Waals surface area contributed by atoms with Gasteiger partial charge in [0, 0.05) is 0 Å². The molecule has 0 unspecified atom stereocenters. The summed E-state index contributed by atoms with van der Waals surface area (Å²) in [4.78, 5) is 0. The molecule has 0 N–H and O–H groups in total. The Bertz CT molecular complexity index is 813. The average molecular weight is 362 g/mol. The second kappa shape index (κ2) is 7.26. The molecular weight excluding hydrogens is 343 g/mol. The summed E-state index contributed by atoms with van der Waals surface area (Å²) in [5, 5.41) is 13.8. The standard InChI is InChI=1S/C21H19N2PS/c1-4-10-18(11-5-1)24(16-21-23-22-17-25-21,19-12-6-2-7-13-19)20-14-8-3-9-15-20/h1-15,17,24H,16H2. The van der Waals surface area contributed by atoms with Crippen LogP contribution in [0.2, 0.25) is 0 Å². The number of hydrogen-bond donors (Lipinski definition) is 0. The Morgan fingerprint density at radius 1 is 0.640 bits per heavy atom. The molecule has 4 aromatic rings. The van der Waals surface area contributed by atoms with E-state index >= 15 is 0 Å². The van der Waals surface area contributed by atoms with Gasteiger partial charge in [0.05, 0.1) is 0 Å². The minimum absolute atomic E-state index is 0.926. The van der Waals surface area contributed by atoms with Crippen molar-refractivity contribution in [2.75, 3.05) is 0 Å². The Morgan fingerprint density at radius 3 is 1.44 bits per heavy atom. The number of hydrogen-bond acceptors (Lipinski definition) is 3. The Labute approximate surface area is 152 Å². The molecule has 124 valence electrons. The SMILES string of the molecule is c1ccc([PH](Cc2nncs2)(c2ccccc2)c2ccccc2)cc1. The van der Waals surface area contributed by atoms with Crippen LogP contribution in [0, 0.1) is 0 Å². The molecule has 25 heavy (non-hydrogen) atoms. The van der Waals surface area contributed by atoms with Crippen LogP contribution in [0.5, 0.6) is 0 Å². The molecular formula is C21H19N2PS. The zero-order chi connectivity index (χ0) is 17.0. The van der Waals surface area contributed by atoms with Crippen molar-refractivity contribution < 1.29 is 0 Å². The maximum atomic E-state index is 4.38. The van der Waals surface area contributed by atoms with Crippen molar-refractivity contribution in [3.8, 4) is 0 Å². The van der Waals surface area contributed by atoms with Gasteiger partial charge < -0.3 is 0 Å². The van der Waals surface area contributed by atoms with Gasteiger partial charge in [-0.3, -0.25) is 0 Å². The third-order valence-corrected chi connectivity index (χ3v) is 10.4. The molecule has 4 heteroatoms. The van der Waals surface area contributed by atoms with Crippen LogP contribution < -0.4 is 15.9 Å². The summed E-state index contributed by atoms with van der Waals surface area (Å²) in [6, 6.07) is 32.7. The second-order valence-corrected chi connectivity index (χ2v) is 10.8. The average Bonchev–Trinajstić information content (AvgIpc) is 3.21. The Hall–Kier alpha value is -2.35. The molecule has 1 aromatic heterocycles. The molecule has 0 spiro atoms. The number of aromatic nitrogens is 2. The Morgan fingerprint density at radius 2 is 1.08 bits per heavy atom. The number of rotatable bonds is 5. The molecule has 4 rings (SSSR count). The third-order valence-electron chi connectivity index (χ3n) is 4.62. The fraction of sp³-hybridized carbons (Fsp3) is 0.0476. The first-order chi connectivity index (χ1) is 12.4. The molecule has 2 nitrogen and oxygen atoms in total. The zero-order valence-electron chi connectivity index (χ0n) is 13.7. The van der Waals surface area contributed by atoms with Crippen molar-refractivity contribution in [2.24, 2.45) is 0 Å². The van der Waals surface area contributed by atoms with Crippen LogP contribution in [0.4, 0.5) is 0 Å². The van der Waals surface area contributed by atoms with E-state index in [1.54, 1.807) is 11.3 Å². The maximum absolute atomic E-state index is 4.38. The van der Waals surface area contributed by atoms with Gasteiger partial charge in [0.1, 0.15) is 0 Å². The van der Waals surface area contributed by atoms with Crippen molar-refractivity contribution in [3.05, 3.63) is 102 Å². The van der Waals surface area contributed by atoms with Gasteiger partial charge in [-0.1, -0.05) is 0 Å².